The summed E-state index contributed by atoms with van der Waals surface area (Å²) in [4.78, 5) is 2.54. The minimum Gasteiger partial charge on any atom is -0.310 e. The number of fused-ring (bicyclic) bond motifs is 19. The van der Waals surface area contributed by atoms with Gasteiger partial charge >= 0.3 is 0 Å². The monoisotopic (exact) mass is 815 g/mol. The predicted octanol–water partition coefficient (Wildman–Crippen LogP) is 17.0. The standard InChI is InChI=1S/C61H37NS/c1-2-17-38(18-3-1)62(39-33-34-44-42-21-5-4-19-40(42)41-20-6-7-22-43(41)51(44)35-39)58-37-57-52(36-53(58)50-28-16-27-49-48-26-11-15-32-59(48)63-60(49)50)47-25-10-14-31-56(47)61(57)54-29-12-8-23-45(54)46-24-9-13-30-55(46)61/h1-37H. The molecule has 0 atom stereocenters. The molecule has 0 fully saturated rings. The Morgan fingerprint density at radius 1 is 0.286 bits per heavy atom. The summed E-state index contributed by atoms with van der Waals surface area (Å²) in [6.07, 6.45) is 0. The molecule has 0 amide bonds. The van der Waals surface area contributed by atoms with E-state index in [0.717, 1.165) is 17.1 Å². The van der Waals surface area contributed by atoms with Gasteiger partial charge in [0.2, 0.25) is 0 Å². The molecule has 0 aliphatic heterocycles. The highest BCUT2D eigenvalue weighted by Crippen LogP contribution is 2.64. The van der Waals surface area contributed by atoms with Crippen LogP contribution in [0.15, 0.2) is 224 Å². The van der Waals surface area contributed by atoms with Crippen LogP contribution >= 0.6 is 11.3 Å². The molecule has 2 aliphatic carbocycles. The first-order valence-electron chi connectivity index (χ1n) is 21.8. The number of nitrogens with zero attached hydrogens (tertiary/aromatic N) is 1. The molecule has 0 bridgehead atoms. The lowest BCUT2D eigenvalue weighted by Crippen LogP contribution is -2.26. The van der Waals surface area contributed by atoms with Crippen LogP contribution in [0.1, 0.15) is 22.3 Å². The second-order valence-electron chi connectivity index (χ2n) is 17.1. The van der Waals surface area contributed by atoms with Crippen LogP contribution in [0.2, 0.25) is 0 Å². The molecule has 0 saturated heterocycles. The van der Waals surface area contributed by atoms with Gasteiger partial charge in [-0.2, -0.15) is 0 Å². The van der Waals surface area contributed by atoms with E-state index in [4.69, 9.17) is 0 Å². The molecule has 2 aliphatic rings. The normalized spacial score (nSPS) is 13.2. The maximum atomic E-state index is 2.57. The Kier molecular flexibility index (Phi) is 7.26. The Bertz CT molecular complexity index is 3790. The van der Waals surface area contributed by atoms with E-state index >= 15 is 0 Å². The minimum absolute atomic E-state index is 0.489. The first-order chi connectivity index (χ1) is 31.3. The van der Waals surface area contributed by atoms with Crippen LogP contribution in [0.25, 0.3) is 85.9 Å². The number of para-hydroxylation sites is 1. The molecule has 1 nitrogen and oxygen atoms in total. The largest absolute Gasteiger partial charge is 0.310 e. The number of hydrogen-bond acceptors (Lipinski definition) is 2. The van der Waals surface area contributed by atoms with Crippen molar-refractivity contribution in [3.8, 4) is 33.4 Å². The smallest absolute Gasteiger partial charge is 0.0726 e. The third kappa shape index (κ3) is 4.71. The Morgan fingerprint density at radius 2 is 0.778 bits per heavy atom. The van der Waals surface area contributed by atoms with Gasteiger partial charge in [0.1, 0.15) is 0 Å². The van der Waals surface area contributed by atoms with Gasteiger partial charge in [-0.1, -0.05) is 182 Å². The number of anilines is 3. The van der Waals surface area contributed by atoms with Crippen LogP contribution in [0, 0.1) is 0 Å². The Hall–Kier alpha value is -7.78. The summed E-state index contributed by atoms with van der Waals surface area (Å²) in [5, 5.41) is 10.2. The van der Waals surface area contributed by atoms with Crippen LogP contribution in [-0.2, 0) is 5.41 Å². The van der Waals surface area contributed by atoms with Crippen molar-refractivity contribution in [1.82, 2.24) is 0 Å². The highest BCUT2D eigenvalue weighted by molar-refractivity contribution is 7.26. The van der Waals surface area contributed by atoms with Crippen molar-refractivity contribution in [3.05, 3.63) is 247 Å². The van der Waals surface area contributed by atoms with Gasteiger partial charge in [-0.15, -0.1) is 11.3 Å². The van der Waals surface area contributed by atoms with Gasteiger partial charge in [-0.25, -0.2) is 0 Å². The zero-order chi connectivity index (χ0) is 41.2. The highest BCUT2D eigenvalue weighted by Gasteiger charge is 2.52. The third-order valence-corrected chi connectivity index (χ3v) is 15.3. The van der Waals surface area contributed by atoms with Gasteiger partial charge in [-0.05, 0) is 119 Å². The fourth-order valence-corrected chi connectivity index (χ4v) is 12.8. The number of thiophene rings is 1. The van der Waals surface area contributed by atoms with Crippen LogP contribution in [-0.4, -0.2) is 0 Å². The van der Waals surface area contributed by atoms with E-state index in [2.05, 4.69) is 229 Å². The molecule has 1 aromatic heterocycles. The van der Waals surface area contributed by atoms with E-state index in [9.17, 15) is 0 Å². The van der Waals surface area contributed by atoms with E-state index < -0.39 is 5.41 Å². The van der Waals surface area contributed by atoms with Gasteiger partial charge in [0.15, 0.2) is 0 Å². The topological polar surface area (TPSA) is 3.24 Å². The lowest BCUT2D eigenvalue weighted by molar-refractivity contribution is 0.794. The van der Waals surface area contributed by atoms with Crippen molar-refractivity contribution < 1.29 is 0 Å². The van der Waals surface area contributed by atoms with Gasteiger partial charge in [0.05, 0.1) is 11.1 Å². The molecule has 1 spiro atoms. The lowest BCUT2D eigenvalue weighted by Gasteiger charge is -2.33. The number of benzene rings is 11. The van der Waals surface area contributed by atoms with Crippen molar-refractivity contribution in [2.75, 3.05) is 4.90 Å². The number of rotatable bonds is 4. The summed E-state index contributed by atoms with van der Waals surface area (Å²) >= 11 is 1.90. The van der Waals surface area contributed by atoms with Crippen molar-refractivity contribution >= 4 is 80.9 Å². The predicted molar refractivity (Wildman–Crippen MR) is 268 cm³/mol. The number of hydrogen-bond donors (Lipinski definition) is 0. The van der Waals surface area contributed by atoms with Crippen molar-refractivity contribution in [2.24, 2.45) is 0 Å². The average molecular weight is 816 g/mol. The molecule has 0 N–H and O–H groups in total. The summed E-state index contributed by atoms with van der Waals surface area (Å²) in [7, 11) is 0. The van der Waals surface area contributed by atoms with E-state index in [-0.39, 0.29) is 0 Å². The molecule has 0 saturated carbocycles. The molecule has 2 heteroatoms. The first-order valence-corrected chi connectivity index (χ1v) is 22.7. The second-order valence-corrected chi connectivity index (χ2v) is 18.1. The van der Waals surface area contributed by atoms with E-state index in [1.165, 1.54) is 108 Å². The molecular weight excluding hydrogens is 779 g/mol. The maximum absolute atomic E-state index is 2.57. The summed E-state index contributed by atoms with van der Waals surface area (Å²) in [5.74, 6) is 0. The molecule has 0 radical (unpaired) electrons. The summed E-state index contributed by atoms with van der Waals surface area (Å²) in [5.41, 5.74) is 15.9. The Balaban J connectivity index is 1.14. The van der Waals surface area contributed by atoms with Crippen molar-refractivity contribution in [2.45, 2.75) is 5.41 Å². The van der Waals surface area contributed by atoms with Gasteiger partial charge in [0.25, 0.3) is 0 Å². The molecule has 1 heterocycles. The first kappa shape index (κ1) is 34.9. The third-order valence-electron chi connectivity index (χ3n) is 14.0. The molecular formula is C61H37NS. The highest BCUT2D eigenvalue weighted by atomic mass is 32.1. The fourth-order valence-electron chi connectivity index (χ4n) is 11.5. The van der Waals surface area contributed by atoms with Gasteiger partial charge < -0.3 is 4.90 Å². The van der Waals surface area contributed by atoms with Gasteiger partial charge in [0, 0.05) is 42.7 Å². The zero-order valence-electron chi connectivity index (χ0n) is 34.2. The van der Waals surface area contributed by atoms with Gasteiger partial charge in [-0.3, -0.25) is 0 Å². The summed E-state index contributed by atoms with van der Waals surface area (Å²) in [6, 6.07) is 84.2. The van der Waals surface area contributed by atoms with E-state index in [1.54, 1.807) is 0 Å². The summed E-state index contributed by atoms with van der Waals surface area (Å²) < 4.78 is 2.61. The Labute approximate surface area is 369 Å². The molecule has 14 rings (SSSR count). The fraction of sp³-hybridized carbons (Fsp3) is 0.0164. The molecule has 292 valence electrons. The summed E-state index contributed by atoms with van der Waals surface area (Å²) in [6.45, 7) is 0. The van der Waals surface area contributed by atoms with E-state index in [0.29, 0.717) is 0 Å². The lowest BCUT2D eigenvalue weighted by atomic mass is 9.70. The van der Waals surface area contributed by atoms with Crippen LogP contribution < -0.4 is 4.90 Å². The van der Waals surface area contributed by atoms with E-state index in [1.807, 2.05) is 11.3 Å². The Morgan fingerprint density at radius 3 is 1.43 bits per heavy atom. The van der Waals surface area contributed by atoms with Crippen LogP contribution in [0.4, 0.5) is 17.1 Å². The quantitative estimate of drug-likeness (QED) is 0.160. The average Bonchev–Trinajstić information content (AvgIpc) is 3.98. The molecule has 11 aromatic carbocycles. The maximum Gasteiger partial charge on any atom is 0.0726 e. The SMILES string of the molecule is c1ccc(N(c2ccc3c4ccccc4c4ccccc4c3c2)c2cc3c(cc2-c2cccc4c2sc2ccccc24)-c2ccccc2C32c3ccccc3-c3ccccc32)cc1. The van der Waals surface area contributed by atoms with Crippen LogP contribution in [0.5, 0.6) is 0 Å². The molecule has 12 aromatic rings. The van der Waals surface area contributed by atoms with Crippen LogP contribution in [0.3, 0.4) is 0 Å². The molecule has 63 heavy (non-hydrogen) atoms. The van der Waals surface area contributed by atoms with Crippen molar-refractivity contribution in [3.63, 3.8) is 0 Å². The second kappa shape index (κ2) is 13.1. The minimum atomic E-state index is -0.489. The van der Waals surface area contributed by atoms with Crippen molar-refractivity contribution in [1.29, 1.82) is 0 Å². The zero-order valence-corrected chi connectivity index (χ0v) is 35.0. The molecule has 0 unspecified atom stereocenters.